The molecule has 0 saturated heterocycles. The highest BCUT2D eigenvalue weighted by Crippen LogP contribution is 2.44. The lowest BCUT2D eigenvalue weighted by atomic mass is 9.98. The molecule has 2 N–H and O–H groups in total. The number of hydrogen-bond donors (Lipinski definition) is 2. The number of rotatable bonds is 7. The van der Waals surface area contributed by atoms with Crippen molar-refractivity contribution in [3.8, 4) is 16.9 Å². The molecule has 3 aromatic rings. The Morgan fingerprint density at radius 3 is 2.25 bits per heavy atom. The van der Waals surface area contributed by atoms with Crippen molar-refractivity contribution >= 4 is 28.0 Å². The first-order chi connectivity index (χ1) is 15.5. The Kier molecular flexibility index (Phi) is 6.46. The lowest BCUT2D eigenvalue weighted by Crippen LogP contribution is -2.32. The van der Waals surface area contributed by atoms with Crippen LogP contribution in [0.2, 0.25) is 0 Å². The molecule has 0 radical (unpaired) electrons. The van der Waals surface area contributed by atoms with Gasteiger partial charge in [-0.3, -0.25) is 4.79 Å². The van der Waals surface area contributed by atoms with E-state index in [-0.39, 0.29) is 18.9 Å². The fourth-order valence-electron chi connectivity index (χ4n) is 4.17. The van der Waals surface area contributed by atoms with E-state index in [9.17, 15) is 14.7 Å². The summed E-state index contributed by atoms with van der Waals surface area (Å²) < 4.78 is 11.7. The van der Waals surface area contributed by atoms with Gasteiger partial charge >= 0.3 is 12.1 Å². The Labute approximate surface area is 194 Å². The van der Waals surface area contributed by atoms with Crippen LogP contribution in [0.3, 0.4) is 0 Å². The van der Waals surface area contributed by atoms with Crippen molar-refractivity contribution in [2.45, 2.75) is 18.4 Å². The molecule has 0 bridgehead atoms. The normalized spacial score (nSPS) is 13.1. The Balaban J connectivity index is 1.51. The molecule has 0 spiro atoms. The highest BCUT2D eigenvalue weighted by Gasteiger charge is 2.30. The molecular formula is C25H22BrNO5. The number of carboxylic acid groups (broad SMARTS) is 1. The first kappa shape index (κ1) is 21.9. The first-order valence-electron chi connectivity index (χ1n) is 10.1. The van der Waals surface area contributed by atoms with Crippen LogP contribution in [0.5, 0.6) is 5.75 Å². The fraction of sp³-hybridized carbons (Fsp3) is 0.200. The maximum atomic E-state index is 12.7. The van der Waals surface area contributed by atoms with Crippen molar-refractivity contribution in [2.75, 3.05) is 13.7 Å². The molecule has 0 heterocycles. The van der Waals surface area contributed by atoms with Gasteiger partial charge in [0.15, 0.2) is 0 Å². The van der Waals surface area contributed by atoms with E-state index in [1.807, 2.05) is 36.4 Å². The average Bonchev–Trinajstić information content (AvgIpc) is 3.11. The number of ether oxygens (including phenoxy) is 2. The number of hydrogen-bond acceptors (Lipinski definition) is 4. The third kappa shape index (κ3) is 4.48. The van der Waals surface area contributed by atoms with Gasteiger partial charge in [-0.2, -0.15) is 0 Å². The number of carbonyl (C=O) groups is 2. The van der Waals surface area contributed by atoms with E-state index in [1.54, 1.807) is 18.2 Å². The first-order valence-corrected chi connectivity index (χ1v) is 10.9. The van der Waals surface area contributed by atoms with Gasteiger partial charge in [-0.25, -0.2) is 4.79 Å². The number of aliphatic carboxylic acids is 1. The van der Waals surface area contributed by atoms with E-state index in [2.05, 4.69) is 33.4 Å². The van der Waals surface area contributed by atoms with Gasteiger partial charge in [-0.1, -0.05) is 64.5 Å². The quantitative estimate of drug-likeness (QED) is 0.451. The number of nitrogens with one attached hydrogen (secondary N) is 1. The van der Waals surface area contributed by atoms with E-state index in [0.717, 1.165) is 26.7 Å². The lowest BCUT2D eigenvalue weighted by molar-refractivity contribution is -0.137. The summed E-state index contributed by atoms with van der Waals surface area (Å²) in [5.41, 5.74) is 5.05. The lowest BCUT2D eigenvalue weighted by Gasteiger charge is -2.21. The Hall–Kier alpha value is -3.32. The molecule has 3 aromatic carbocycles. The SMILES string of the molecule is COc1ccc(Br)cc1[C@@H](CC(=O)O)NC(=O)OCC1c2ccccc2-c2ccccc21. The monoisotopic (exact) mass is 495 g/mol. The van der Waals surface area contributed by atoms with Crippen LogP contribution in [-0.2, 0) is 9.53 Å². The van der Waals surface area contributed by atoms with Crippen molar-refractivity contribution < 1.29 is 24.2 Å². The molecule has 0 saturated carbocycles. The van der Waals surface area contributed by atoms with Crippen LogP contribution in [0.15, 0.2) is 71.2 Å². The molecule has 4 rings (SSSR count). The molecule has 0 fully saturated rings. The molecule has 0 aliphatic heterocycles. The summed E-state index contributed by atoms with van der Waals surface area (Å²) in [4.78, 5) is 24.1. The van der Waals surface area contributed by atoms with Crippen LogP contribution in [0.1, 0.15) is 35.1 Å². The highest BCUT2D eigenvalue weighted by molar-refractivity contribution is 9.10. The predicted octanol–water partition coefficient (Wildman–Crippen LogP) is 5.51. The van der Waals surface area contributed by atoms with E-state index >= 15 is 0 Å². The molecule has 7 heteroatoms. The summed E-state index contributed by atoms with van der Waals surface area (Å²) in [5.74, 6) is -0.638. The van der Waals surface area contributed by atoms with Crippen molar-refractivity contribution in [3.05, 3.63) is 87.9 Å². The molecule has 6 nitrogen and oxygen atoms in total. The van der Waals surface area contributed by atoms with Crippen molar-refractivity contribution in [1.29, 1.82) is 0 Å². The zero-order chi connectivity index (χ0) is 22.7. The summed E-state index contributed by atoms with van der Waals surface area (Å²) >= 11 is 3.39. The summed E-state index contributed by atoms with van der Waals surface area (Å²) in [6.45, 7) is 0.148. The molecule has 1 aliphatic rings. The number of alkyl carbamates (subject to hydrolysis) is 1. The highest BCUT2D eigenvalue weighted by atomic mass is 79.9. The number of methoxy groups -OCH3 is 1. The molecule has 0 unspecified atom stereocenters. The predicted molar refractivity (Wildman–Crippen MR) is 124 cm³/mol. The van der Waals surface area contributed by atoms with E-state index in [1.165, 1.54) is 7.11 Å². The Morgan fingerprint density at radius 1 is 1.03 bits per heavy atom. The van der Waals surface area contributed by atoms with Gasteiger partial charge in [0.1, 0.15) is 12.4 Å². The minimum absolute atomic E-state index is 0.0773. The number of carboxylic acids is 1. The largest absolute Gasteiger partial charge is 0.496 e. The Bertz CT molecular complexity index is 1120. The number of fused-ring (bicyclic) bond motifs is 3. The average molecular weight is 496 g/mol. The summed E-state index contributed by atoms with van der Waals surface area (Å²) in [6, 6.07) is 20.6. The number of benzene rings is 3. The van der Waals surface area contributed by atoms with Crippen LogP contribution >= 0.6 is 15.9 Å². The van der Waals surface area contributed by atoms with Crippen molar-refractivity contribution in [3.63, 3.8) is 0 Å². The van der Waals surface area contributed by atoms with Gasteiger partial charge in [0.2, 0.25) is 0 Å². The van der Waals surface area contributed by atoms with Crippen LogP contribution in [-0.4, -0.2) is 30.9 Å². The molecule has 164 valence electrons. The van der Waals surface area contributed by atoms with Crippen LogP contribution in [0, 0.1) is 0 Å². The van der Waals surface area contributed by atoms with Crippen molar-refractivity contribution in [2.24, 2.45) is 0 Å². The van der Waals surface area contributed by atoms with E-state index < -0.39 is 18.1 Å². The summed E-state index contributed by atoms with van der Waals surface area (Å²) in [6.07, 6.45) is -0.989. The molecule has 1 amide bonds. The number of halogens is 1. The second kappa shape index (κ2) is 9.44. The topological polar surface area (TPSA) is 84.9 Å². The van der Waals surface area contributed by atoms with E-state index in [0.29, 0.717) is 11.3 Å². The number of carbonyl (C=O) groups excluding carboxylic acids is 1. The maximum Gasteiger partial charge on any atom is 0.407 e. The third-order valence-electron chi connectivity index (χ3n) is 5.58. The third-order valence-corrected chi connectivity index (χ3v) is 6.07. The van der Waals surface area contributed by atoms with Crippen molar-refractivity contribution in [1.82, 2.24) is 5.32 Å². The van der Waals surface area contributed by atoms with Gasteiger partial charge in [0, 0.05) is 16.0 Å². The molecule has 1 aliphatic carbocycles. The number of amides is 1. The zero-order valence-electron chi connectivity index (χ0n) is 17.4. The maximum absolute atomic E-state index is 12.7. The van der Waals surface area contributed by atoms with Crippen LogP contribution < -0.4 is 10.1 Å². The van der Waals surface area contributed by atoms with Crippen LogP contribution in [0.4, 0.5) is 4.79 Å². The summed E-state index contributed by atoms with van der Waals surface area (Å²) in [7, 11) is 1.50. The van der Waals surface area contributed by atoms with Crippen LogP contribution in [0.25, 0.3) is 11.1 Å². The second-order valence-corrected chi connectivity index (χ2v) is 8.42. The second-order valence-electron chi connectivity index (χ2n) is 7.51. The minimum atomic E-state index is -1.05. The molecule has 0 aromatic heterocycles. The molecule has 1 atom stereocenters. The molecule has 32 heavy (non-hydrogen) atoms. The van der Waals surface area contributed by atoms with Gasteiger partial charge < -0.3 is 19.9 Å². The fourth-order valence-corrected chi connectivity index (χ4v) is 4.55. The van der Waals surface area contributed by atoms with Gasteiger partial charge in [0.05, 0.1) is 19.6 Å². The standard InChI is InChI=1S/C25H22BrNO5/c1-31-23-11-10-15(26)12-20(23)22(13-24(28)29)27-25(30)32-14-21-18-8-4-2-6-16(18)17-7-3-5-9-19(17)21/h2-12,21-22H,13-14H2,1H3,(H,27,30)(H,28,29)/t22-/m1/s1. The van der Waals surface area contributed by atoms with Gasteiger partial charge in [0.25, 0.3) is 0 Å². The van der Waals surface area contributed by atoms with Gasteiger partial charge in [-0.05, 0) is 40.5 Å². The molecular weight excluding hydrogens is 474 g/mol. The zero-order valence-corrected chi connectivity index (χ0v) is 19.0. The Morgan fingerprint density at radius 2 is 1.66 bits per heavy atom. The minimum Gasteiger partial charge on any atom is -0.496 e. The van der Waals surface area contributed by atoms with E-state index in [4.69, 9.17) is 9.47 Å². The van der Waals surface area contributed by atoms with Gasteiger partial charge in [-0.15, -0.1) is 0 Å². The summed E-state index contributed by atoms with van der Waals surface area (Å²) in [5, 5.41) is 12.1. The smallest absolute Gasteiger partial charge is 0.407 e.